The van der Waals surface area contributed by atoms with Gasteiger partial charge in [-0.15, -0.1) is 11.3 Å². The molecule has 4 rings (SSSR count). The molecule has 2 aromatic carbocycles. The predicted molar refractivity (Wildman–Crippen MR) is 132 cm³/mol. The summed E-state index contributed by atoms with van der Waals surface area (Å²) in [7, 11) is 0. The van der Waals surface area contributed by atoms with Crippen LogP contribution in [0, 0.1) is 0 Å². The van der Waals surface area contributed by atoms with Gasteiger partial charge in [0, 0.05) is 43.5 Å². The van der Waals surface area contributed by atoms with Gasteiger partial charge in [-0.2, -0.15) is 0 Å². The van der Waals surface area contributed by atoms with Crippen LogP contribution in [0.1, 0.15) is 54.9 Å². The van der Waals surface area contributed by atoms with Crippen LogP contribution in [0.15, 0.2) is 66.0 Å². The third-order valence-electron chi connectivity index (χ3n) is 5.99. The number of benzene rings is 2. The molecule has 1 aromatic heterocycles. The van der Waals surface area contributed by atoms with Gasteiger partial charge in [0.2, 0.25) is 5.91 Å². The molecule has 0 unspecified atom stereocenters. The van der Waals surface area contributed by atoms with E-state index < -0.39 is 0 Å². The lowest BCUT2D eigenvalue weighted by Crippen LogP contribution is -2.38. The zero-order valence-corrected chi connectivity index (χ0v) is 20.1. The fourth-order valence-corrected chi connectivity index (χ4v) is 5.15. The second-order valence-corrected chi connectivity index (χ2v) is 10.5. The molecule has 3 aromatic rings. The highest BCUT2D eigenvalue weighted by atomic mass is 32.1. The van der Waals surface area contributed by atoms with Crippen LogP contribution in [-0.4, -0.2) is 46.9 Å². The molecule has 0 bridgehead atoms. The standard InChI is InChI=1S/C27H33N3OS/c1-27(2,3)26-28-23(20-32-26)19-29-15-10-16-30(18-17-29)25(31)24(21-11-6-4-7-12-21)22-13-8-5-9-14-22/h4-9,11-14,20,24H,10,15-19H2,1-3H3. The molecule has 1 amide bonds. The summed E-state index contributed by atoms with van der Waals surface area (Å²) < 4.78 is 0. The van der Waals surface area contributed by atoms with E-state index in [9.17, 15) is 4.79 Å². The van der Waals surface area contributed by atoms with Crippen molar-refractivity contribution in [2.45, 2.75) is 45.1 Å². The van der Waals surface area contributed by atoms with Crippen LogP contribution >= 0.6 is 11.3 Å². The Hall–Kier alpha value is -2.50. The summed E-state index contributed by atoms with van der Waals surface area (Å²) in [5.74, 6) is -0.0511. The van der Waals surface area contributed by atoms with Gasteiger partial charge in [0.1, 0.15) is 0 Å². The van der Waals surface area contributed by atoms with Crippen molar-refractivity contribution in [3.05, 3.63) is 87.9 Å². The van der Waals surface area contributed by atoms with Gasteiger partial charge in [-0.05, 0) is 17.5 Å². The van der Waals surface area contributed by atoms with Gasteiger partial charge in [0.15, 0.2) is 0 Å². The van der Waals surface area contributed by atoms with Crippen molar-refractivity contribution in [1.29, 1.82) is 0 Å². The number of thiazole rings is 1. The Labute approximate surface area is 195 Å². The van der Waals surface area contributed by atoms with Crippen LogP contribution in [0.3, 0.4) is 0 Å². The molecule has 0 saturated carbocycles. The van der Waals surface area contributed by atoms with Crippen LogP contribution < -0.4 is 0 Å². The fraction of sp³-hybridized carbons (Fsp3) is 0.407. The Morgan fingerprint density at radius 2 is 1.56 bits per heavy atom. The summed E-state index contributed by atoms with van der Waals surface area (Å²) in [5.41, 5.74) is 3.35. The van der Waals surface area contributed by atoms with E-state index >= 15 is 0 Å². The summed E-state index contributed by atoms with van der Waals surface area (Å²) >= 11 is 1.75. The quantitative estimate of drug-likeness (QED) is 0.532. The van der Waals surface area contributed by atoms with Crippen LogP contribution in [-0.2, 0) is 16.8 Å². The average molecular weight is 448 g/mol. The van der Waals surface area contributed by atoms with Gasteiger partial charge in [-0.25, -0.2) is 4.98 Å². The van der Waals surface area contributed by atoms with E-state index in [4.69, 9.17) is 4.98 Å². The lowest BCUT2D eigenvalue weighted by atomic mass is 9.90. The summed E-state index contributed by atoms with van der Waals surface area (Å²) in [5, 5.41) is 3.38. The van der Waals surface area contributed by atoms with Gasteiger partial charge < -0.3 is 4.90 Å². The number of aromatic nitrogens is 1. The van der Waals surface area contributed by atoms with Crippen molar-refractivity contribution in [2.75, 3.05) is 26.2 Å². The molecule has 2 heterocycles. The fourth-order valence-electron chi connectivity index (χ4n) is 4.25. The minimum atomic E-state index is -0.253. The van der Waals surface area contributed by atoms with Crippen LogP contribution in [0.25, 0.3) is 0 Å². The number of hydrogen-bond donors (Lipinski definition) is 0. The summed E-state index contributed by atoms with van der Waals surface area (Å²) in [6.45, 7) is 10.9. The van der Waals surface area contributed by atoms with Gasteiger partial charge >= 0.3 is 0 Å². The van der Waals surface area contributed by atoms with E-state index in [1.54, 1.807) is 11.3 Å². The third kappa shape index (κ3) is 5.45. The first-order valence-electron chi connectivity index (χ1n) is 11.5. The maximum absolute atomic E-state index is 13.7. The van der Waals surface area contributed by atoms with E-state index in [0.29, 0.717) is 0 Å². The van der Waals surface area contributed by atoms with Crippen molar-refractivity contribution in [3.8, 4) is 0 Å². The third-order valence-corrected chi connectivity index (χ3v) is 7.31. The Balaban J connectivity index is 1.46. The lowest BCUT2D eigenvalue weighted by Gasteiger charge is -2.27. The number of carbonyl (C=O) groups excluding carboxylic acids is 1. The predicted octanol–water partition coefficient (Wildman–Crippen LogP) is 5.31. The molecule has 1 aliphatic rings. The van der Waals surface area contributed by atoms with Gasteiger partial charge in [-0.3, -0.25) is 9.69 Å². The zero-order chi connectivity index (χ0) is 22.6. The molecule has 32 heavy (non-hydrogen) atoms. The molecule has 0 N–H and O–H groups in total. The van der Waals surface area contributed by atoms with Crippen LogP contribution in [0.2, 0.25) is 0 Å². The van der Waals surface area contributed by atoms with E-state index in [1.165, 1.54) is 5.01 Å². The minimum Gasteiger partial charge on any atom is -0.341 e. The average Bonchev–Trinajstić information content (AvgIpc) is 3.14. The monoisotopic (exact) mass is 447 g/mol. The van der Waals surface area contributed by atoms with E-state index in [-0.39, 0.29) is 17.2 Å². The summed E-state index contributed by atoms with van der Waals surface area (Å²) in [6, 6.07) is 20.3. The van der Waals surface area contributed by atoms with Crippen molar-refractivity contribution >= 4 is 17.2 Å². The molecule has 0 aliphatic carbocycles. The minimum absolute atomic E-state index is 0.0921. The maximum atomic E-state index is 13.7. The molecule has 168 valence electrons. The second-order valence-electron chi connectivity index (χ2n) is 9.60. The smallest absolute Gasteiger partial charge is 0.234 e. The van der Waals surface area contributed by atoms with Crippen molar-refractivity contribution in [2.24, 2.45) is 0 Å². The highest BCUT2D eigenvalue weighted by Gasteiger charge is 2.29. The number of amides is 1. The van der Waals surface area contributed by atoms with Gasteiger partial charge in [0.05, 0.1) is 16.6 Å². The maximum Gasteiger partial charge on any atom is 0.234 e. The van der Waals surface area contributed by atoms with Crippen molar-refractivity contribution in [3.63, 3.8) is 0 Å². The first-order chi connectivity index (χ1) is 15.4. The van der Waals surface area contributed by atoms with Gasteiger partial charge in [0.25, 0.3) is 0 Å². The molecule has 0 atom stereocenters. The zero-order valence-electron chi connectivity index (χ0n) is 19.3. The normalized spacial score (nSPS) is 15.7. The van der Waals surface area contributed by atoms with Crippen LogP contribution in [0.4, 0.5) is 0 Å². The molecule has 1 aliphatic heterocycles. The molecular formula is C27H33N3OS. The molecule has 1 saturated heterocycles. The lowest BCUT2D eigenvalue weighted by molar-refractivity contribution is -0.131. The molecule has 1 fully saturated rings. The van der Waals surface area contributed by atoms with Crippen LogP contribution in [0.5, 0.6) is 0 Å². The topological polar surface area (TPSA) is 36.4 Å². The number of hydrogen-bond acceptors (Lipinski definition) is 4. The second kappa shape index (κ2) is 9.97. The largest absolute Gasteiger partial charge is 0.341 e. The van der Waals surface area contributed by atoms with Crippen molar-refractivity contribution < 1.29 is 4.79 Å². The Kier molecular flexibility index (Phi) is 7.07. The van der Waals surface area contributed by atoms with E-state index in [1.807, 2.05) is 36.4 Å². The molecule has 0 spiro atoms. The number of rotatable bonds is 5. The Morgan fingerprint density at radius 3 is 2.12 bits per heavy atom. The number of carbonyl (C=O) groups is 1. The summed E-state index contributed by atoms with van der Waals surface area (Å²) in [6.07, 6.45) is 0.984. The highest BCUT2D eigenvalue weighted by Crippen LogP contribution is 2.28. The Bertz CT molecular complexity index is 971. The highest BCUT2D eigenvalue weighted by molar-refractivity contribution is 7.09. The SMILES string of the molecule is CC(C)(C)c1nc(CN2CCCN(C(=O)C(c3ccccc3)c3ccccc3)CC2)cs1. The molecular weight excluding hydrogens is 414 g/mol. The summed E-state index contributed by atoms with van der Waals surface area (Å²) in [4.78, 5) is 23.1. The first kappa shape index (κ1) is 22.7. The molecule has 4 nitrogen and oxygen atoms in total. The van der Waals surface area contributed by atoms with E-state index in [2.05, 4.69) is 60.2 Å². The van der Waals surface area contributed by atoms with E-state index in [0.717, 1.165) is 56.0 Å². The Morgan fingerprint density at radius 1 is 0.938 bits per heavy atom. The first-order valence-corrected chi connectivity index (χ1v) is 12.4. The molecule has 0 radical (unpaired) electrons. The molecule has 5 heteroatoms. The van der Waals surface area contributed by atoms with Gasteiger partial charge in [-0.1, -0.05) is 81.4 Å². The number of nitrogens with zero attached hydrogens (tertiary/aromatic N) is 3. The van der Waals surface area contributed by atoms with Crippen molar-refractivity contribution in [1.82, 2.24) is 14.8 Å².